The lowest BCUT2D eigenvalue weighted by atomic mass is 9.97. The molecule has 0 radical (unpaired) electrons. The Bertz CT molecular complexity index is 1220. The Balaban J connectivity index is 1.30. The first-order valence-corrected chi connectivity index (χ1v) is 12.5. The van der Waals surface area contributed by atoms with Gasteiger partial charge < -0.3 is 19.8 Å². The van der Waals surface area contributed by atoms with E-state index in [-0.39, 0.29) is 44.1 Å². The molecule has 0 bridgehead atoms. The van der Waals surface area contributed by atoms with Crippen LogP contribution < -0.4 is 4.74 Å². The minimum Gasteiger partial charge on any atom is -0.492 e. The molecule has 2 aliphatic heterocycles. The van der Waals surface area contributed by atoms with Crippen LogP contribution in [0.2, 0.25) is 0 Å². The van der Waals surface area contributed by atoms with Crippen LogP contribution in [0, 0.1) is 11.7 Å². The number of halogens is 6. The predicted octanol–water partition coefficient (Wildman–Crippen LogP) is 3.84. The van der Waals surface area contributed by atoms with Crippen molar-refractivity contribution in [1.82, 2.24) is 14.8 Å². The zero-order valence-electron chi connectivity index (χ0n) is 21.1. The first kappa shape index (κ1) is 29.6. The van der Waals surface area contributed by atoms with Crippen LogP contribution in [-0.2, 0) is 4.79 Å². The van der Waals surface area contributed by atoms with E-state index in [0.29, 0.717) is 29.8 Å². The number of pyridine rings is 1. The number of carbonyl (C=O) groups excluding carboxylic acids is 1. The fraction of sp³-hybridized carbons (Fsp3) is 0.500. The fourth-order valence-corrected chi connectivity index (χ4v) is 4.81. The van der Waals surface area contributed by atoms with Gasteiger partial charge in [-0.05, 0) is 56.1 Å². The molecule has 40 heavy (non-hydrogen) atoms. The molecule has 0 saturated carbocycles. The Hall–Kier alpha value is -3.39. The lowest BCUT2D eigenvalue weighted by Crippen LogP contribution is -2.49. The van der Waals surface area contributed by atoms with Gasteiger partial charge in [-0.1, -0.05) is 6.07 Å². The van der Waals surface area contributed by atoms with Crippen molar-refractivity contribution < 1.29 is 50.9 Å². The van der Waals surface area contributed by atoms with E-state index >= 15 is 0 Å². The molecule has 4 rings (SSSR count). The normalized spacial score (nSPS) is 21.0. The Labute approximate surface area is 225 Å². The van der Waals surface area contributed by atoms with Crippen molar-refractivity contribution in [2.75, 3.05) is 32.8 Å². The van der Waals surface area contributed by atoms with Crippen molar-refractivity contribution in [2.24, 2.45) is 5.92 Å². The lowest BCUT2D eigenvalue weighted by molar-refractivity contribution is -0.287. The summed E-state index contributed by atoms with van der Waals surface area (Å²) in [5, 5.41) is 19.0. The van der Waals surface area contributed by atoms with Gasteiger partial charge in [0.15, 0.2) is 0 Å². The van der Waals surface area contributed by atoms with Gasteiger partial charge in [0.25, 0.3) is 5.91 Å². The maximum Gasteiger partial charge on any atom is 0.454 e. The molecule has 2 fully saturated rings. The highest BCUT2D eigenvalue weighted by atomic mass is 19.4. The highest BCUT2D eigenvalue weighted by Crippen LogP contribution is 2.36. The van der Waals surface area contributed by atoms with Gasteiger partial charge in [0, 0.05) is 18.5 Å². The number of ether oxygens (including phenoxy) is 1. The second-order valence-electron chi connectivity index (χ2n) is 10.0. The maximum absolute atomic E-state index is 14.8. The number of nitrogens with zero attached hydrogens (tertiary/aromatic N) is 3. The third-order valence-corrected chi connectivity index (χ3v) is 7.09. The smallest absolute Gasteiger partial charge is 0.454 e. The zero-order chi connectivity index (χ0) is 29.2. The van der Waals surface area contributed by atoms with Crippen molar-refractivity contribution in [3.05, 3.63) is 47.9 Å². The van der Waals surface area contributed by atoms with Gasteiger partial charge in [-0.2, -0.15) is 22.0 Å². The second kappa shape index (κ2) is 11.6. The highest BCUT2D eigenvalue weighted by Gasteiger charge is 2.58. The molecular weight excluding hydrogens is 548 g/mol. The minimum absolute atomic E-state index is 0.0351. The molecule has 3 heterocycles. The fourth-order valence-electron chi connectivity index (χ4n) is 4.81. The van der Waals surface area contributed by atoms with Gasteiger partial charge in [0.05, 0.1) is 36.7 Å². The molecule has 1 aromatic carbocycles. The molecule has 2 atom stereocenters. The van der Waals surface area contributed by atoms with Crippen LogP contribution in [0.25, 0.3) is 11.3 Å². The molecule has 2 saturated heterocycles. The van der Waals surface area contributed by atoms with Gasteiger partial charge in [-0.25, -0.2) is 9.18 Å². The number of hydrogen-bond acceptors (Lipinski definition) is 6. The van der Waals surface area contributed by atoms with E-state index in [1.165, 1.54) is 18.3 Å². The van der Waals surface area contributed by atoms with Crippen molar-refractivity contribution in [1.29, 1.82) is 0 Å². The molecule has 14 heteroatoms. The highest BCUT2D eigenvalue weighted by molar-refractivity contribution is 5.97. The molecule has 218 valence electrons. The zero-order valence-corrected chi connectivity index (χ0v) is 21.1. The van der Waals surface area contributed by atoms with Crippen LogP contribution in [0.5, 0.6) is 5.75 Å². The first-order valence-electron chi connectivity index (χ1n) is 12.5. The van der Waals surface area contributed by atoms with E-state index in [4.69, 9.17) is 4.74 Å². The molecule has 0 spiro atoms. The van der Waals surface area contributed by atoms with Crippen LogP contribution in [0.1, 0.15) is 29.6 Å². The number of alkyl halides is 5. The summed E-state index contributed by atoms with van der Waals surface area (Å²) >= 11 is 0. The number of β-amino-alcohol motifs (C(OH)–C–C–N with tert-alkyl or cyclic N) is 1. The summed E-state index contributed by atoms with van der Waals surface area (Å²) in [7, 11) is 0. The molecule has 2 N–H and O–H groups in total. The van der Waals surface area contributed by atoms with Crippen LogP contribution in [-0.4, -0.2) is 93.9 Å². The van der Waals surface area contributed by atoms with Gasteiger partial charge in [-0.15, -0.1) is 0 Å². The van der Waals surface area contributed by atoms with Gasteiger partial charge in [0.2, 0.25) is 0 Å². The molecule has 2 unspecified atom stereocenters. The van der Waals surface area contributed by atoms with E-state index < -0.39 is 48.5 Å². The number of piperidine rings is 1. The Morgan fingerprint density at radius 2 is 1.77 bits per heavy atom. The molecule has 1 aromatic heterocycles. The summed E-state index contributed by atoms with van der Waals surface area (Å²) in [5.74, 6) is -7.42. The Morgan fingerprint density at radius 1 is 1.07 bits per heavy atom. The second-order valence-corrected chi connectivity index (χ2v) is 10.0. The van der Waals surface area contributed by atoms with Gasteiger partial charge >= 0.3 is 18.1 Å². The number of aliphatic hydroxyl groups excluding tert-OH is 1. The maximum atomic E-state index is 14.8. The monoisotopic (exact) mass is 575 g/mol. The molecule has 8 nitrogen and oxygen atoms in total. The number of carbonyl (C=O) groups is 2. The summed E-state index contributed by atoms with van der Waals surface area (Å²) < 4.78 is 84.3. The number of aromatic nitrogens is 1. The van der Waals surface area contributed by atoms with Crippen LogP contribution >= 0.6 is 0 Å². The Morgan fingerprint density at radius 3 is 2.35 bits per heavy atom. The lowest BCUT2D eigenvalue weighted by Gasteiger charge is -2.34. The number of likely N-dealkylation sites (tertiary alicyclic amines) is 2. The third-order valence-electron chi connectivity index (χ3n) is 7.09. The first-order chi connectivity index (χ1) is 18.7. The van der Waals surface area contributed by atoms with Crippen molar-refractivity contribution in [3.8, 4) is 17.0 Å². The van der Waals surface area contributed by atoms with E-state index in [0.717, 1.165) is 15.9 Å². The summed E-state index contributed by atoms with van der Waals surface area (Å²) in [5.41, 5.74) is 0.376. The van der Waals surface area contributed by atoms with Crippen LogP contribution in [0.3, 0.4) is 0 Å². The van der Waals surface area contributed by atoms with E-state index in [9.17, 15) is 46.1 Å². The van der Waals surface area contributed by atoms with Crippen LogP contribution in [0.4, 0.5) is 26.3 Å². The number of carboxylic acid groups (broad SMARTS) is 1. The number of carboxylic acids is 1. The minimum atomic E-state index is -5.58. The Kier molecular flexibility index (Phi) is 8.59. The van der Waals surface area contributed by atoms with E-state index in [2.05, 4.69) is 4.98 Å². The number of benzene rings is 1. The van der Waals surface area contributed by atoms with E-state index in [1.54, 1.807) is 12.1 Å². The average Bonchev–Trinajstić information content (AvgIpc) is 3.29. The van der Waals surface area contributed by atoms with E-state index in [1.807, 2.05) is 0 Å². The number of hydrogen-bond donors (Lipinski definition) is 2. The summed E-state index contributed by atoms with van der Waals surface area (Å²) in [6.07, 6.45) is -4.54. The summed E-state index contributed by atoms with van der Waals surface area (Å²) in [6.45, 7) is -1.17. The topological polar surface area (TPSA) is 103 Å². The standard InChI is InChI=1S/C26H27F6N3O5/c27-20-9-16(1-3-19(20)23(37)35-12-17(36)10-22(35)24(38)39)21-4-2-18(11-33-21)40-13-15-5-7-34(8-6-15)14-25(28,29)26(30,31)32/h1-4,9,11,15,17,22,36H,5-8,10,12-14H2,(H,38,39). The third kappa shape index (κ3) is 6.66. The predicted molar refractivity (Wildman–Crippen MR) is 128 cm³/mol. The van der Waals surface area contributed by atoms with Gasteiger partial charge in [-0.3, -0.25) is 14.7 Å². The molecule has 2 aliphatic rings. The van der Waals surface area contributed by atoms with Crippen molar-refractivity contribution in [2.45, 2.75) is 43.5 Å². The largest absolute Gasteiger partial charge is 0.492 e. The number of rotatable bonds is 8. The van der Waals surface area contributed by atoms with Crippen LogP contribution in [0.15, 0.2) is 36.5 Å². The molecular formula is C26H27F6N3O5. The number of aliphatic hydroxyl groups is 1. The summed E-state index contributed by atoms with van der Waals surface area (Å²) in [6, 6.07) is 5.67. The number of amides is 1. The molecule has 0 aliphatic carbocycles. The quantitative estimate of drug-likeness (QED) is 0.462. The number of aliphatic carboxylic acids is 1. The van der Waals surface area contributed by atoms with Crippen molar-refractivity contribution >= 4 is 11.9 Å². The summed E-state index contributed by atoms with van der Waals surface area (Å²) in [4.78, 5) is 30.4. The molecule has 2 aromatic rings. The van der Waals surface area contributed by atoms with Crippen molar-refractivity contribution in [3.63, 3.8) is 0 Å². The average molecular weight is 576 g/mol. The van der Waals surface area contributed by atoms with Gasteiger partial charge in [0.1, 0.15) is 17.6 Å². The SMILES string of the molecule is O=C(O)C1CC(O)CN1C(=O)c1ccc(-c2ccc(OCC3CCN(CC(F)(F)C(F)(F)F)CC3)cn2)cc1F. The molecule has 1 amide bonds.